The van der Waals surface area contributed by atoms with Crippen LogP contribution < -0.4 is 5.56 Å². The number of hydrogen-bond acceptors (Lipinski definition) is 4. The Hall–Kier alpha value is -2.70. The molecule has 0 aliphatic heterocycles. The highest BCUT2D eigenvalue weighted by atomic mass is 16.4. The fourth-order valence-corrected chi connectivity index (χ4v) is 2.33. The van der Waals surface area contributed by atoms with E-state index >= 15 is 0 Å². The first kappa shape index (κ1) is 16.7. The van der Waals surface area contributed by atoms with E-state index in [1.807, 2.05) is 6.07 Å². The van der Waals surface area contributed by atoms with Crippen molar-refractivity contribution in [1.29, 1.82) is 0 Å². The molecule has 0 radical (unpaired) electrons. The van der Waals surface area contributed by atoms with E-state index in [0.717, 1.165) is 0 Å². The van der Waals surface area contributed by atoms with Gasteiger partial charge >= 0.3 is 5.97 Å². The van der Waals surface area contributed by atoms with Gasteiger partial charge in [-0.25, -0.2) is 4.98 Å². The minimum atomic E-state index is -0.939. The summed E-state index contributed by atoms with van der Waals surface area (Å²) in [5.74, 6) is -1.11. The van der Waals surface area contributed by atoms with Crippen LogP contribution in [-0.4, -0.2) is 44.5 Å². The van der Waals surface area contributed by atoms with Crippen LogP contribution in [0.3, 0.4) is 0 Å². The molecule has 2 aromatic rings. The molecule has 0 aliphatic carbocycles. The minimum absolute atomic E-state index is 0.0863. The average Bonchev–Trinajstić information content (AvgIpc) is 2.54. The van der Waals surface area contributed by atoms with E-state index in [9.17, 15) is 14.4 Å². The number of aromatic nitrogens is 2. The third-order valence-electron chi connectivity index (χ3n) is 3.63. The fourth-order valence-electron chi connectivity index (χ4n) is 2.33. The SMILES string of the molecule is CCN(CCC(=O)O)C(=O)CCn1cnc2ccccc2c1=O. The van der Waals surface area contributed by atoms with Crippen LogP contribution in [0, 0.1) is 0 Å². The molecule has 0 aliphatic rings. The van der Waals surface area contributed by atoms with E-state index in [1.165, 1.54) is 15.8 Å². The Balaban J connectivity index is 2.05. The molecule has 1 N–H and O–H groups in total. The summed E-state index contributed by atoms with van der Waals surface area (Å²) in [5, 5.41) is 9.21. The molecule has 0 bridgehead atoms. The van der Waals surface area contributed by atoms with Crippen LogP contribution >= 0.6 is 0 Å². The molecule has 2 rings (SSSR count). The third kappa shape index (κ3) is 4.15. The Morgan fingerprint density at radius 2 is 2.00 bits per heavy atom. The lowest BCUT2D eigenvalue weighted by Gasteiger charge is -2.20. The van der Waals surface area contributed by atoms with Crippen molar-refractivity contribution >= 4 is 22.8 Å². The van der Waals surface area contributed by atoms with Gasteiger partial charge in [-0.05, 0) is 19.1 Å². The number of amides is 1. The molecule has 7 heteroatoms. The molecule has 1 heterocycles. The molecular formula is C16H19N3O4. The van der Waals surface area contributed by atoms with E-state index in [4.69, 9.17) is 5.11 Å². The maximum atomic E-state index is 12.3. The van der Waals surface area contributed by atoms with Crippen molar-refractivity contribution in [2.45, 2.75) is 26.3 Å². The lowest BCUT2D eigenvalue weighted by Crippen LogP contribution is -2.34. The Morgan fingerprint density at radius 1 is 1.26 bits per heavy atom. The van der Waals surface area contributed by atoms with Gasteiger partial charge in [-0.3, -0.25) is 19.0 Å². The van der Waals surface area contributed by atoms with Crippen molar-refractivity contribution in [2.24, 2.45) is 0 Å². The molecule has 23 heavy (non-hydrogen) atoms. The smallest absolute Gasteiger partial charge is 0.305 e. The van der Waals surface area contributed by atoms with Crippen molar-refractivity contribution in [3.05, 3.63) is 40.9 Å². The maximum Gasteiger partial charge on any atom is 0.305 e. The molecule has 7 nitrogen and oxygen atoms in total. The predicted octanol–water partition coefficient (Wildman–Crippen LogP) is 1.11. The summed E-state index contributed by atoms with van der Waals surface area (Å²) >= 11 is 0. The van der Waals surface area contributed by atoms with Crippen LogP contribution in [0.1, 0.15) is 19.8 Å². The number of hydrogen-bond donors (Lipinski definition) is 1. The van der Waals surface area contributed by atoms with Gasteiger partial charge in [0.05, 0.1) is 23.7 Å². The topological polar surface area (TPSA) is 92.5 Å². The predicted molar refractivity (Wildman–Crippen MR) is 85.1 cm³/mol. The Kier molecular flexibility index (Phi) is 5.46. The Morgan fingerprint density at radius 3 is 2.70 bits per heavy atom. The molecule has 0 fully saturated rings. The third-order valence-corrected chi connectivity index (χ3v) is 3.63. The first-order valence-electron chi connectivity index (χ1n) is 7.46. The summed E-state index contributed by atoms with van der Waals surface area (Å²) in [5.41, 5.74) is 0.439. The highest BCUT2D eigenvalue weighted by Crippen LogP contribution is 2.05. The number of aliphatic carboxylic acids is 1. The van der Waals surface area contributed by atoms with Gasteiger partial charge in [0.15, 0.2) is 0 Å². The van der Waals surface area contributed by atoms with Gasteiger partial charge in [0.2, 0.25) is 5.91 Å². The lowest BCUT2D eigenvalue weighted by atomic mass is 10.2. The zero-order valence-corrected chi connectivity index (χ0v) is 12.9. The van der Waals surface area contributed by atoms with E-state index in [2.05, 4.69) is 4.98 Å². The number of benzene rings is 1. The summed E-state index contributed by atoms with van der Waals surface area (Å²) in [6, 6.07) is 7.04. The Bertz CT molecular complexity index is 769. The minimum Gasteiger partial charge on any atom is -0.481 e. The molecule has 0 atom stereocenters. The number of carboxylic acids is 1. The zero-order chi connectivity index (χ0) is 16.8. The van der Waals surface area contributed by atoms with E-state index in [-0.39, 0.29) is 37.4 Å². The second-order valence-corrected chi connectivity index (χ2v) is 5.13. The molecule has 0 spiro atoms. The quantitative estimate of drug-likeness (QED) is 0.826. The number of carbonyl (C=O) groups excluding carboxylic acids is 1. The van der Waals surface area contributed by atoms with Crippen molar-refractivity contribution in [3.63, 3.8) is 0 Å². The summed E-state index contributed by atoms with van der Waals surface area (Å²) in [7, 11) is 0. The van der Waals surface area contributed by atoms with Gasteiger partial charge in [0.25, 0.3) is 5.56 Å². The number of aryl methyl sites for hydroxylation is 1. The lowest BCUT2D eigenvalue weighted by molar-refractivity contribution is -0.138. The van der Waals surface area contributed by atoms with Gasteiger partial charge in [0, 0.05) is 26.1 Å². The van der Waals surface area contributed by atoms with Crippen molar-refractivity contribution in [2.75, 3.05) is 13.1 Å². The number of fused-ring (bicyclic) bond motifs is 1. The van der Waals surface area contributed by atoms with Gasteiger partial charge < -0.3 is 10.0 Å². The number of para-hydroxylation sites is 1. The van der Waals surface area contributed by atoms with Crippen LogP contribution in [-0.2, 0) is 16.1 Å². The molecule has 0 saturated heterocycles. The van der Waals surface area contributed by atoms with E-state index < -0.39 is 5.97 Å². The maximum absolute atomic E-state index is 12.3. The monoisotopic (exact) mass is 317 g/mol. The zero-order valence-electron chi connectivity index (χ0n) is 12.9. The van der Waals surface area contributed by atoms with Crippen molar-refractivity contribution in [3.8, 4) is 0 Å². The summed E-state index contributed by atoms with van der Waals surface area (Å²) in [6.07, 6.45) is 1.48. The van der Waals surface area contributed by atoms with Crippen molar-refractivity contribution in [1.82, 2.24) is 14.5 Å². The first-order valence-corrected chi connectivity index (χ1v) is 7.46. The molecule has 122 valence electrons. The number of nitrogens with zero attached hydrogens (tertiary/aromatic N) is 3. The number of carbonyl (C=O) groups is 2. The van der Waals surface area contributed by atoms with E-state index in [0.29, 0.717) is 17.4 Å². The van der Waals surface area contributed by atoms with Crippen molar-refractivity contribution < 1.29 is 14.7 Å². The summed E-state index contributed by atoms with van der Waals surface area (Å²) in [4.78, 5) is 40.7. The van der Waals surface area contributed by atoms with Gasteiger partial charge in [-0.1, -0.05) is 12.1 Å². The molecule has 0 unspecified atom stereocenters. The molecule has 1 aromatic carbocycles. The largest absolute Gasteiger partial charge is 0.481 e. The molecular weight excluding hydrogens is 298 g/mol. The second-order valence-electron chi connectivity index (χ2n) is 5.13. The highest BCUT2D eigenvalue weighted by molar-refractivity contribution is 5.78. The van der Waals surface area contributed by atoms with Gasteiger partial charge in [-0.2, -0.15) is 0 Å². The molecule has 1 aromatic heterocycles. The van der Waals surface area contributed by atoms with Crippen LogP contribution in [0.25, 0.3) is 10.9 Å². The van der Waals surface area contributed by atoms with Crippen LogP contribution in [0.5, 0.6) is 0 Å². The average molecular weight is 317 g/mol. The molecule has 1 amide bonds. The van der Waals surface area contributed by atoms with E-state index in [1.54, 1.807) is 25.1 Å². The van der Waals surface area contributed by atoms with Gasteiger partial charge in [0.1, 0.15) is 0 Å². The van der Waals surface area contributed by atoms with Crippen LogP contribution in [0.2, 0.25) is 0 Å². The normalized spacial score (nSPS) is 10.7. The fraction of sp³-hybridized carbons (Fsp3) is 0.375. The van der Waals surface area contributed by atoms with Crippen LogP contribution in [0.4, 0.5) is 0 Å². The standard InChI is InChI=1S/C16H19N3O4/c1-2-18(10-8-15(21)22)14(20)7-9-19-11-17-13-6-4-3-5-12(13)16(19)23/h3-6,11H,2,7-10H2,1H3,(H,21,22). The molecule has 0 saturated carbocycles. The second kappa shape index (κ2) is 7.53. The first-order chi connectivity index (χ1) is 11.0. The number of carboxylic acid groups (broad SMARTS) is 1. The number of rotatable bonds is 7. The highest BCUT2D eigenvalue weighted by Gasteiger charge is 2.13. The van der Waals surface area contributed by atoms with Crippen LogP contribution in [0.15, 0.2) is 35.4 Å². The summed E-state index contributed by atoms with van der Waals surface area (Å²) < 4.78 is 1.41. The Labute approximate surface area is 133 Å². The summed E-state index contributed by atoms with van der Waals surface area (Å²) in [6.45, 7) is 2.63. The van der Waals surface area contributed by atoms with Gasteiger partial charge in [-0.15, -0.1) is 0 Å².